The molecule has 1 atom stereocenters. The van der Waals surface area contributed by atoms with Gasteiger partial charge in [-0.05, 0) is 36.2 Å². The lowest BCUT2D eigenvalue weighted by molar-refractivity contribution is 0.905. The number of thioether (sulfide) groups is 1. The average molecular weight is 274 g/mol. The smallest absolute Gasteiger partial charge is 0.225 e. The number of aromatic nitrogens is 2. The van der Waals surface area contributed by atoms with Gasteiger partial charge in [0.2, 0.25) is 5.28 Å². The Balaban J connectivity index is 2.31. The number of nitrogens with zero attached hydrogens (tertiary/aromatic N) is 2. The topological polar surface area (TPSA) is 37.8 Å². The Morgan fingerprint density at radius 1 is 1.56 bits per heavy atom. The van der Waals surface area contributed by atoms with Gasteiger partial charge < -0.3 is 5.32 Å². The highest BCUT2D eigenvalue weighted by molar-refractivity contribution is 7.98. The number of fused-ring (bicyclic) bond motifs is 1. The van der Waals surface area contributed by atoms with Crippen LogP contribution in [0.5, 0.6) is 0 Å². The predicted octanol–water partition coefficient (Wildman–Crippen LogP) is 3.51. The van der Waals surface area contributed by atoms with Crippen LogP contribution in [0, 0.1) is 0 Å². The summed E-state index contributed by atoms with van der Waals surface area (Å²) in [7, 11) is 0. The van der Waals surface area contributed by atoms with Crippen molar-refractivity contribution in [3.63, 3.8) is 0 Å². The van der Waals surface area contributed by atoms with E-state index < -0.39 is 0 Å². The molecule has 0 amide bonds. The first kappa shape index (κ1) is 12.0. The molecule has 0 aromatic carbocycles. The van der Waals surface area contributed by atoms with Crippen molar-refractivity contribution in [2.24, 2.45) is 0 Å². The van der Waals surface area contributed by atoms with E-state index in [9.17, 15) is 0 Å². The maximum Gasteiger partial charge on any atom is 0.225 e. The lowest BCUT2D eigenvalue weighted by Crippen LogP contribution is -2.18. The summed E-state index contributed by atoms with van der Waals surface area (Å²) in [5, 5.41) is 6.71. The van der Waals surface area contributed by atoms with Crippen LogP contribution < -0.4 is 5.32 Å². The summed E-state index contributed by atoms with van der Waals surface area (Å²) in [6.07, 6.45) is 2.09. The van der Waals surface area contributed by atoms with E-state index in [-0.39, 0.29) is 0 Å². The first-order valence-corrected chi connectivity index (χ1v) is 7.52. The largest absolute Gasteiger partial charge is 0.366 e. The minimum absolute atomic E-state index is 0.300. The number of anilines is 1. The molecule has 2 heterocycles. The van der Waals surface area contributed by atoms with Gasteiger partial charge in [0.15, 0.2) is 0 Å². The van der Waals surface area contributed by atoms with Crippen LogP contribution in [0.25, 0.3) is 10.2 Å². The monoisotopic (exact) mass is 273 g/mol. The molecule has 0 spiro atoms. The summed E-state index contributed by atoms with van der Waals surface area (Å²) in [6, 6.07) is 2.38. The van der Waals surface area contributed by atoms with Crippen molar-refractivity contribution in [3.8, 4) is 0 Å². The summed E-state index contributed by atoms with van der Waals surface area (Å²) < 4.78 is 0. The van der Waals surface area contributed by atoms with Crippen molar-refractivity contribution in [1.82, 2.24) is 9.97 Å². The zero-order valence-electron chi connectivity index (χ0n) is 9.03. The number of rotatable bonds is 4. The van der Waals surface area contributed by atoms with E-state index in [1.54, 1.807) is 23.1 Å². The van der Waals surface area contributed by atoms with Gasteiger partial charge in [0, 0.05) is 11.8 Å². The highest BCUT2D eigenvalue weighted by atomic mass is 35.5. The molecule has 1 unspecified atom stereocenters. The Bertz CT molecular complexity index is 486. The fraction of sp³-hybridized carbons (Fsp3) is 0.400. The molecule has 0 aliphatic heterocycles. The SMILES string of the molecule is CSCC(C)Nc1nc(Cl)nc2sccc12. The predicted molar refractivity (Wildman–Crippen MR) is 73.9 cm³/mol. The van der Waals surface area contributed by atoms with Gasteiger partial charge in [-0.1, -0.05) is 0 Å². The van der Waals surface area contributed by atoms with Crippen LogP contribution in [-0.4, -0.2) is 28.0 Å². The van der Waals surface area contributed by atoms with Crippen LogP contribution in [0.1, 0.15) is 6.92 Å². The molecule has 0 fully saturated rings. The van der Waals surface area contributed by atoms with Gasteiger partial charge >= 0.3 is 0 Å². The fourth-order valence-electron chi connectivity index (χ4n) is 1.46. The number of hydrogen-bond donors (Lipinski definition) is 1. The molecule has 16 heavy (non-hydrogen) atoms. The van der Waals surface area contributed by atoms with Crippen LogP contribution in [0.2, 0.25) is 5.28 Å². The van der Waals surface area contributed by atoms with Crippen molar-refractivity contribution in [1.29, 1.82) is 0 Å². The summed E-state index contributed by atoms with van der Waals surface area (Å²) in [4.78, 5) is 9.34. The maximum absolute atomic E-state index is 5.88. The molecule has 6 heteroatoms. The summed E-state index contributed by atoms with van der Waals surface area (Å²) in [5.74, 6) is 1.87. The van der Waals surface area contributed by atoms with Gasteiger partial charge in [-0.3, -0.25) is 0 Å². The molecule has 1 N–H and O–H groups in total. The van der Waals surface area contributed by atoms with E-state index in [1.807, 2.05) is 11.4 Å². The minimum atomic E-state index is 0.300. The van der Waals surface area contributed by atoms with E-state index in [0.717, 1.165) is 21.8 Å². The molecule has 0 saturated carbocycles. The van der Waals surface area contributed by atoms with E-state index in [0.29, 0.717) is 11.3 Å². The zero-order chi connectivity index (χ0) is 11.5. The van der Waals surface area contributed by atoms with Crippen LogP contribution in [0.15, 0.2) is 11.4 Å². The number of thiophene rings is 1. The van der Waals surface area contributed by atoms with Crippen molar-refractivity contribution >= 4 is 50.7 Å². The second-order valence-corrected chi connectivity index (χ2v) is 5.62. The van der Waals surface area contributed by atoms with Gasteiger partial charge in [0.1, 0.15) is 10.6 Å². The Morgan fingerprint density at radius 2 is 2.38 bits per heavy atom. The van der Waals surface area contributed by atoms with Crippen LogP contribution in [0.4, 0.5) is 5.82 Å². The first-order chi connectivity index (χ1) is 7.70. The molecule has 0 bridgehead atoms. The molecule has 0 radical (unpaired) electrons. The third kappa shape index (κ3) is 2.59. The summed E-state index contributed by atoms with van der Waals surface area (Å²) in [5.41, 5.74) is 0. The van der Waals surface area contributed by atoms with Crippen molar-refractivity contribution in [2.45, 2.75) is 13.0 Å². The highest BCUT2D eigenvalue weighted by Crippen LogP contribution is 2.26. The maximum atomic E-state index is 5.88. The van der Waals surface area contributed by atoms with Crippen LogP contribution in [0.3, 0.4) is 0 Å². The molecular weight excluding hydrogens is 262 g/mol. The van der Waals surface area contributed by atoms with Gasteiger partial charge in [0.25, 0.3) is 0 Å². The molecule has 2 aromatic heterocycles. The minimum Gasteiger partial charge on any atom is -0.366 e. The van der Waals surface area contributed by atoms with Crippen molar-refractivity contribution in [2.75, 3.05) is 17.3 Å². The van der Waals surface area contributed by atoms with E-state index in [2.05, 4.69) is 28.5 Å². The summed E-state index contributed by atoms with van der Waals surface area (Å²) >= 11 is 9.26. The Labute approximate surface area is 108 Å². The molecule has 2 aromatic rings. The molecule has 0 aliphatic carbocycles. The average Bonchev–Trinajstić information content (AvgIpc) is 2.65. The normalized spacial score (nSPS) is 12.9. The molecule has 0 saturated heterocycles. The Kier molecular flexibility index (Phi) is 3.89. The van der Waals surface area contributed by atoms with Gasteiger partial charge in [-0.15, -0.1) is 11.3 Å². The van der Waals surface area contributed by atoms with E-state index in [4.69, 9.17) is 11.6 Å². The third-order valence-electron chi connectivity index (χ3n) is 2.10. The Hall–Kier alpha value is -0.520. The van der Waals surface area contributed by atoms with Crippen LogP contribution >= 0.6 is 34.7 Å². The molecule has 2 rings (SSSR count). The second-order valence-electron chi connectivity index (χ2n) is 3.48. The van der Waals surface area contributed by atoms with Crippen molar-refractivity contribution in [3.05, 3.63) is 16.7 Å². The molecule has 3 nitrogen and oxygen atoms in total. The van der Waals surface area contributed by atoms with E-state index >= 15 is 0 Å². The first-order valence-electron chi connectivity index (χ1n) is 4.87. The number of hydrogen-bond acceptors (Lipinski definition) is 5. The molecule has 86 valence electrons. The van der Waals surface area contributed by atoms with Gasteiger partial charge in [-0.2, -0.15) is 11.8 Å². The molecule has 0 aliphatic rings. The lowest BCUT2D eigenvalue weighted by Gasteiger charge is -2.13. The highest BCUT2D eigenvalue weighted by Gasteiger charge is 2.09. The molecular formula is C10H12ClN3S2. The lowest BCUT2D eigenvalue weighted by atomic mass is 10.3. The standard InChI is InChI=1S/C10H12ClN3S2/c1-6(5-15-2)12-8-7-3-4-16-9(7)14-10(11)13-8/h3-4,6H,5H2,1-2H3,(H,12,13,14). The third-order valence-corrected chi connectivity index (χ3v) is 3.91. The second kappa shape index (κ2) is 5.21. The quantitative estimate of drug-likeness (QED) is 0.865. The Morgan fingerprint density at radius 3 is 3.12 bits per heavy atom. The van der Waals surface area contributed by atoms with Crippen LogP contribution in [-0.2, 0) is 0 Å². The summed E-state index contributed by atoms with van der Waals surface area (Å²) in [6.45, 7) is 2.13. The van der Waals surface area contributed by atoms with Crippen molar-refractivity contribution < 1.29 is 0 Å². The number of halogens is 1. The van der Waals surface area contributed by atoms with Gasteiger partial charge in [-0.25, -0.2) is 9.97 Å². The zero-order valence-corrected chi connectivity index (χ0v) is 11.4. The van der Waals surface area contributed by atoms with E-state index in [1.165, 1.54) is 0 Å². The number of nitrogens with one attached hydrogen (secondary N) is 1. The fourth-order valence-corrected chi connectivity index (χ4v) is 3.03. The van der Waals surface area contributed by atoms with Gasteiger partial charge in [0.05, 0.1) is 5.39 Å².